The molecule has 0 rings (SSSR count). The van der Waals surface area contributed by atoms with E-state index in [1.165, 1.54) is 13.8 Å². The van der Waals surface area contributed by atoms with Gasteiger partial charge < -0.3 is 47.6 Å². The van der Waals surface area contributed by atoms with Crippen LogP contribution in [-0.2, 0) is 33.6 Å². The molecule has 0 radical (unpaired) electrons. The van der Waals surface area contributed by atoms with Crippen molar-refractivity contribution in [2.45, 2.75) is 104 Å². The number of hydrogen-bond acceptors (Lipinski definition) is 9. The van der Waals surface area contributed by atoms with E-state index in [-0.39, 0.29) is 24.7 Å². The third-order valence-corrected chi connectivity index (χ3v) is 6.60. The Bertz CT molecular complexity index is 1000. The predicted molar refractivity (Wildman–Crippen MR) is 154 cm³/mol. The number of nitrogens with two attached hydrogens (primary N) is 1. The molecule has 0 aliphatic rings. The zero-order valence-electron chi connectivity index (χ0n) is 25.8. The first-order valence-electron chi connectivity index (χ1n) is 14.1. The van der Waals surface area contributed by atoms with Gasteiger partial charge in [-0.25, -0.2) is 4.79 Å². The van der Waals surface area contributed by atoms with E-state index in [1.54, 1.807) is 20.9 Å². The average molecular weight is 617 g/mol. The van der Waals surface area contributed by atoms with E-state index in [2.05, 4.69) is 26.6 Å². The number of aliphatic hydroxyl groups is 1. The van der Waals surface area contributed by atoms with Crippen LogP contribution in [0.25, 0.3) is 0 Å². The van der Waals surface area contributed by atoms with Crippen molar-refractivity contribution in [2.75, 3.05) is 7.05 Å². The second kappa shape index (κ2) is 18.7. The first-order chi connectivity index (χ1) is 19.8. The van der Waals surface area contributed by atoms with Crippen LogP contribution in [0.3, 0.4) is 0 Å². The van der Waals surface area contributed by atoms with Crippen LogP contribution in [0.5, 0.6) is 0 Å². The molecule has 0 heterocycles. The van der Waals surface area contributed by atoms with Crippen molar-refractivity contribution in [1.82, 2.24) is 26.6 Å². The Hall–Kier alpha value is -3.79. The second-order valence-electron chi connectivity index (χ2n) is 11.4. The molecule has 0 aliphatic heterocycles. The lowest BCUT2D eigenvalue weighted by Crippen LogP contribution is -2.57. The van der Waals surface area contributed by atoms with Gasteiger partial charge in [-0.05, 0) is 38.6 Å². The Morgan fingerprint density at radius 3 is 1.70 bits per heavy atom. The number of carboxylic acids is 2. The van der Waals surface area contributed by atoms with Crippen LogP contribution in [0.4, 0.5) is 0 Å². The van der Waals surface area contributed by atoms with Crippen molar-refractivity contribution < 1.29 is 48.9 Å². The number of primary amides is 1. The van der Waals surface area contributed by atoms with Crippen LogP contribution in [-0.4, -0.2) is 100 Å². The first-order valence-corrected chi connectivity index (χ1v) is 14.1. The molecule has 7 unspecified atom stereocenters. The molecule has 0 aliphatic carbocycles. The van der Waals surface area contributed by atoms with Gasteiger partial charge in [-0.1, -0.05) is 34.6 Å². The highest BCUT2D eigenvalue weighted by atomic mass is 16.4. The number of aliphatic hydroxyl groups excluding tert-OH is 1. The molecular formula is C27H48N6O10. The molecule has 0 bridgehead atoms. The summed E-state index contributed by atoms with van der Waals surface area (Å²) in [5.74, 6) is -7.66. The van der Waals surface area contributed by atoms with Crippen molar-refractivity contribution in [1.29, 1.82) is 0 Å². The lowest BCUT2D eigenvalue weighted by Gasteiger charge is -2.30. The fraction of sp³-hybridized carbons (Fsp3) is 0.741. The zero-order chi connectivity index (χ0) is 33.6. The third kappa shape index (κ3) is 14.8. The monoisotopic (exact) mass is 616 g/mol. The summed E-state index contributed by atoms with van der Waals surface area (Å²) in [6.45, 7) is 10.1. The van der Waals surface area contributed by atoms with E-state index in [9.17, 15) is 38.7 Å². The summed E-state index contributed by atoms with van der Waals surface area (Å²) < 4.78 is 0. The summed E-state index contributed by atoms with van der Waals surface area (Å²) in [5.41, 5.74) is 5.31. The minimum absolute atomic E-state index is 0.0143. The summed E-state index contributed by atoms with van der Waals surface area (Å²) in [6.07, 6.45) is -2.47. The van der Waals surface area contributed by atoms with Crippen molar-refractivity contribution in [3.8, 4) is 0 Å². The Morgan fingerprint density at radius 2 is 1.26 bits per heavy atom. The summed E-state index contributed by atoms with van der Waals surface area (Å²) in [4.78, 5) is 84.7. The topological polar surface area (TPSA) is 266 Å². The van der Waals surface area contributed by atoms with Crippen molar-refractivity contribution >= 4 is 41.5 Å². The number of carboxylic acid groups (broad SMARTS) is 2. The normalized spacial score (nSPS) is 16.1. The first kappa shape index (κ1) is 39.2. The number of amides is 5. The van der Waals surface area contributed by atoms with Crippen LogP contribution in [0.2, 0.25) is 0 Å². The van der Waals surface area contributed by atoms with Gasteiger partial charge in [0.05, 0.1) is 31.0 Å². The number of aliphatic carboxylic acids is 2. The molecule has 16 heteroatoms. The van der Waals surface area contributed by atoms with Gasteiger partial charge in [-0.3, -0.25) is 28.8 Å². The van der Waals surface area contributed by atoms with Crippen molar-refractivity contribution in [3.05, 3.63) is 0 Å². The van der Waals surface area contributed by atoms with Crippen LogP contribution < -0.4 is 32.3 Å². The number of likely N-dealkylation sites (N-methyl/N-ethyl adjacent to an activating group) is 1. The van der Waals surface area contributed by atoms with Gasteiger partial charge in [0, 0.05) is 5.92 Å². The summed E-state index contributed by atoms with van der Waals surface area (Å²) >= 11 is 0. The third-order valence-electron chi connectivity index (χ3n) is 6.60. The van der Waals surface area contributed by atoms with Crippen molar-refractivity contribution in [3.63, 3.8) is 0 Å². The van der Waals surface area contributed by atoms with Crippen LogP contribution >= 0.6 is 0 Å². The molecule has 43 heavy (non-hydrogen) atoms. The van der Waals surface area contributed by atoms with E-state index in [0.717, 1.165) is 0 Å². The van der Waals surface area contributed by atoms with Gasteiger partial charge in [0.15, 0.2) is 0 Å². The zero-order valence-corrected chi connectivity index (χ0v) is 25.8. The predicted octanol–water partition coefficient (Wildman–Crippen LogP) is -1.94. The fourth-order valence-electron chi connectivity index (χ4n) is 4.27. The maximum absolute atomic E-state index is 13.2. The van der Waals surface area contributed by atoms with Crippen LogP contribution in [0, 0.1) is 17.8 Å². The van der Waals surface area contributed by atoms with Gasteiger partial charge in [0.2, 0.25) is 29.5 Å². The summed E-state index contributed by atoms with van der Waals surface area (Å²) in [5, 5.41) is 41.4. The number of nitrogens with one attached hydrogen (secondary N) is 5. The Balaban J connectivity index is 5.51. The molecule has 0 aromatic carbocycles. The molecule has 0 aromatic heterocycles. The molecule has 16 nitrogen and oxygen atoms in total. The van der Waals surface area contributed by atoms with Gasteiger partial charge >= 0.3 is 11.9 Å². The Labute approximate surface area is 251 Å². The highest BCUT2D eigenvalue weighted by Gasteiger charge is 2.33. The quantitative estimate of drug-likeness (QED) is 0.0726. The summed E-state index contributed by atoms with van der Waals surface area (Å²) in [7, 11) is 1.58. The SMILES string of the molecule is CNC(C(=O)NC(CC(N)=O)C(=O)NC(CC(C)C)C(O)CC(C)C(=O)NC(C)C(=O)NC(CC(=O)O)C(=O)O)C(C)C. The maximum atomic E-state index is 13.2. The van der Waals surface area contributed by atoms with Gasteiger partial charge in [-0.2, -0.15) is 0 Å². The lowest BCUT2D eigenvalue weighted by atomic mass is 9.92. The largest absolute Gasteiger partial charge is 0.481 e. The van der Waals surface area contributed by atoms with Crippen molar-refractivity contribution in [2.24, 2.45) is 23.5 Å². The Morgan fingerprint density at radius 1 is 0.698 bits per heavy atom. The molecule has 0 spiro atoms. The van der Waals surface area contributed by atoms with E-state index in [4.69, 9.17) is 15.9 Å². The molecule has 0 saturated heterocycles. The number of rotatable bonds is 20. The number of carbonyl (C=O) groups excluding carboxylic acids is 5. The highest BCUT2D eigenvalue weighted by Crippen LogP contribution is 2.16. The minimum atomic E-state index is -1.69. The molecule has 246 valence electrons. The van der Waals surface area contributed by atoms with E-state index >= 15 is 0 Å². The van der Waals surface area contributed by atoms with E-state index in [0.29, 0.717) is 0 Å². The lowest BCUT2D eigenvalue weighted by molar-refractivity contribution is -0.147. The molecule has 7 atom stereocenters. The smallest absolute Gasteiger partial charge is 0.326 e. The average Bonchev–Trinajstić information content (AvgIpc) is 2.86. The molecule has 5 amide bonds. The van der Waals surface area contributed by atoms with E-state index in [1.807, 2.05) is 13.8 Å². The highest BCUT2D eigenvalue weighted by molar-refractivity contribution is 5.93. The molecule has 0 saturated carbocycles. The fourth-order valence-corrected chi connectivity index (χ4v) is 4.27. The van der Waals surface area contributed by atoms with Gasteiger partial charge in [0.1, 0.15) is 18.1 Å². The molecule has 0 aromatic rings. The van der Waals surface area contributed by atoms with E-state index < -0.39 is 96.5 Å². The minimum Gasteiger partial charge on any atom is -0.481 e. The molecule has 10 N–H and O–H groups in total. The second-order valence-corrected chi connectivity index (χ2v) is 11.4. The van der Waals surface area contributed by atoms with Crippen LogP contribution in [0.1, 0.15) is 67.2 Å². The number of hydrogen-bond donors (Lipinski definition) is 9. The van der Waals surface area contributed by atoms with Gasteiger partial charge in [0.25, 0.3) is 0 Å². The maximum Gasteiger partial charge on any atom is 0.326 e. The molecular weight excluding hydrogens is 568 g/mol. The van der Waals surface area contributed by atoms with Crippen LogP contribution in [0.15, 0.2) is 0 Å². The summed E-state index contributed by atoms with van der Waals surface area (Å²) in [6, 6.07) is -5.75. The molecule has 0 fully saturated rings. The van der Waals surface area contributed by atoms with Gasteiger partial charge in [-0.15, -0.1) is 0 Å². The standard InChI is InChI=1S/C27H48N6O10/c1-12(2)8-16(31-25(40)17(10-20(28)35)32-26(41)22(29-7)13(3)4)19(34)9-14(5)23(38)30-15(6)24(39)33-18(27(42)43)11-21(36)37/h12-19,22,29,34H,8-11H2,1-7H3,(H2,28,35)(H,30,38)(H,31,40)(H,32,41)(H,33,39)(H,36,37)(H,42,43). The number of carbonyl (C=O) groups is 7. The Kier molecular flexibility index (Phi) is 17.0.